The number of alkyl halides is 3. The number of aryl methyl sites for hydroxylation is 2. The average molecular weight is 445 g/mol. The molecule has 0 saturated heterocycles. The van der Waals surface area contributed by atoms with Crippen LogP contribution < -0.4 is 22.3 Å². The smallest absolute Gasteiger partial charge is 0.329 e. The van der Waals surface area contributed by atoms with Gasteiger partial charge in [0.1, 0.15) is 4.83 Å². The number of thiophene rings is 1. The fourth-order valence-corrected chi connectivity index (χ4v) is 6.13. The molecule has 0 aliphatic heterocycles. The van der Waals surface area contributed by atoms with Crippen molar-refractivity contribution in [1.82, 2.24) is 14.5 Å². The molecule has 10 heteroatoms. The zero-order valence-electron chi connectivity index (χ0n) is 17.0. The van der Waals surface area contributed by atoms with Crippen LogP contribution in [0.1, 0.15) is 55.0 Å². The van der Waals surface area contributed by atoms with Crippen LogP contribution in [0.15, 0.2) is 9.59 Å². The highest BCUT2D eigenvalue weighted by Gasteiger charge is 2.49. The van der Waals surface area contributed by atoms with Crippen LogP contribution in [0.2, 0.25) is 0 Å². The molecule has 0 unspecified atom stereocenters. The van der Waals surface area contributed by atoms with Gasteiger partial charge in [0.15, 0.2) is 0 Å². The zero-order chi connectivity index (χ0) is 21.7. The Morgan fingerprint density at radius 2 is 1.97 bits per heavy atom. The van der Waals surface area contributed by atoms with Crippen LogP contribution in [-0.4, -0.2) is 28.4 Å². The van der Waals surface area contributed by atoms with E-state index >= 15 is 0 Å². The van der Waals surface area contributed by atoms with Gasteiger partial charge in [0.2, 0.25) is 0 Å². The Kier molecular flexibility index (Phi) is 5.61. The first kappa shape index (κ1) is 21.6. The number of hydrogen-bond acceptors (Lipinski definition) is 5. The third kappa shape index (κ3) is 3.73. The van der Waals surface area contributed by atoms with E-state index in [1.165, 1.54) is 26.9 Å². The third-order valence-electron chi connectivity index (χ3n) is 6.68. The lowest BCUT2D eigenvalue weighted by Crippen LogP contribution is -2.51. The molecule has 2 heterocycles. The van der Waals surface area contributed by atoms with Crippen LogP contribution in [0.5, 0.6) is 0 Å². The summed E-state index contributed by atoms with van der Waals surface area (Å²) in [6.45, 7) is 2.82. The summed E-state index contributed by atoms with van der Waals surface area (Å²) in [5.41, 5.74) is 5.50. The van der Waals surface area contributed by atoms with Crippen molar-refractivity contribution in [2.75, 3.05) is 13.1 Å². The summed E-state index contributed by atoms with van der Waals surface area (Å²) in [6, 6.07) is -0.218. The van der Waals surface area contributed by atoms with Gasteiger partial charge < -0.3 is 11.1 Å². The first-order valence-corrected chi connectivity index (χ1v) is 11.2. The van der Waals surface area contributed by atoms with Crippen LogP contribution in [0, 0.1) is 12.3 Å². The number of nitrogens with zero attached hydrogens (tertiary/aromatic N) is 2. The van der Waals surface area contributed by atoms with Gasteiger partial charge in [-0.15, -0.1) is 11.3 Å². The average Bonchev–Trinajstić information content (AvgIpc) is 2.91. The van der Waals surface area contributed by atoms with E-state index in [0.717, 1.165) is 36.1 Å². The number of fused-ring (bicyclic) bond motifs is 1. The maximum absolute atomic E-state index is 13.3. The summed E-state index contributed by atoms with van der Waals surface area (Å²) >= 11 is 1.22. The number of rotatable bonds is 7. The second-order valence-corrected chi connectivity index (χ2v) is 9.77. The minimum atomic E-state index is -4.38. The van der Waals surface area contributed by atoms with E-state index in [0.29, 0.717) is 29.9 Å². The Hall–Kier alpha value is -1.65. The van der Waals surface area contributed by atoms with Crippen LogP contribution in [0.3, 0.4) is 0 Å². The second kappa shape index (κ2) is 7.80. The molecule has 6 nitrogen and oxygen atoms in total. The number of nitrogens with two attached hydrogens (primary N) is 1. The Bertz CT molecular complexity index is 1060. The molecule has 30 heavy (non-hydrogen) atoms. The molecule has 0 bridgehead atoms. The molecule has 166 valence electrons. The van der Waals surface area contributed by atoms with Crippen molar-refractivity contribution < 1.29 is 13.2 Å². The predicted molar refractivity (Wildman–Crippen MR) is 111 cm³/mol. The van der Waals surface area contributed by atoms with E-state index in [-0.39, 0.29) is 17.0 Å². The topological polar surface area (TPSA) is 82.1 Å². The van der Waals surface area contributed by atoms with Crippen molar-refractivity contribution in [3.8, 4) is 0 Å². The fourth-order valence-electron chi connectivity index (χ4n) is 4.85. The standard InChI is InChI=1S/C20H27F3N4O2S/c1-12-14(11-25-7-6-24)30-17-15(12)16(28)27(13-9-19(10-13)3-2-4-19)18(29)26(17)8-5-20(21,22)23/h13,25H,2-11,24H2,1H3. The number of halogens is 3. The van der Waals surface area contributed by atoms with Gasteiger partial charge >= 0.3 is 11.9 Å². The molecular weight excluding hydrogens is 417 g/mol. The van der Waals surface area contributed by atoms with Crippen LogP contribution >= 0.6 is 11.3 Å². The minimum Gasteiger partial charge on any atom is -0.329 e. The molecule has 2 aliphatic rings. The summed E-state index contributed by atoms with van der Waals surface area (Å²) in [4.78, 5) is 27.7. The Labute approximate surface area is 175 Å². The van der Waals surface area contributed by atoms with Crippen molar-refractivity contribution in [3.05, 3.63) is 31.3 Å². The van der Waals surface area contributed by atoms with Gasteiger partial charge in [-0.1, -0.05) is 6.42 Å². The molecule has 1 spiro atoms. The van der Waals surface area contributed by atoms with E-state index in [1.54, 1.807) is 6.92 Å². The summed E-state index contributed by atoms with van der Waals surface area (Å²) in [6.07, 6.45) is -0.570. The van der Waals surface area contributed by atoms with Gasteiger partial charge in [0.05, 0.1) is 11.8 Å². The van der Waals surface area contributed by atoms with E-state index < -0.39 is 24.8 Å². The third-order valence-corrected chi connectivity index (χ3v) is 8.00. The largest absolute Gasteiger partial charge is 0.390 e. The molecule has 0 atom stereocenters. The highest BCUT2D eigenvalue weighted by Crippen LogP contribution is 2.59. The van der Waals surface area contributed by atoms with Gasteiger partial charge in [-0.3, -0.25) is 13.9 Å². The molecule has 0 radical (unpaired) electrons. The van der Waals surface area contributed by atoms with Crippen molar-refractivity contribution in [2.45, 2.75) is 70.8 Å². The molecule has 2 aromatic heterocycles. The number of aromatic nitrogens is 2. The monoisotopic (exact) mass is 444 g/mol. The Morgan fingerprint density at radius 3 is 2.53 bits per heavy atom. The van der Waals surface area contributed by atoms with Crippen LogP contribution in [0.4, 0.5) is 13.2 Å². The van der Waals surface area contributed by atoms with Crippen LogP contribution in [0.25, 0.3) is 10.2 Å². The van der Waals surface area contributed by atoms with Gasteiger partial charge in [-0.05, 0) is 43.6 Å². The maximum atomic E-state index is 13.3. The van der Waals surface area contributed by atoms with E-state index in [1.807, 2.05) is 0 Å². The van der Waals surface area contributed by atoms with Crippen molar-refractivity contribution >= 4 is 21.6 Å². The molecule has 2 aromatic rings. The lowest BCUT2D eigenvalue weighted by Gasteiger charge is -2.54. The molecule has 2 aliphatic carbocycles. The summed E-state index contributed by atoms with van der Waals surface area (Å²) in [7, 11) is 0. The van der Waals surface area contributed by atoms with Crippen LogP contribution in [-0.2, 0) is 13.1 Å². The first-order valence-electron chi connectivity index (χ1n) is 10.4. The van der Waals surface area contributed by atoms with Gasteiger partial charge in [0.25, 0.3) is 5.56 Å². The molecule has 2 fully saturated rings. The maximum Gasteiger partial charge on any atom is 0.390 e. The van der Waals surface area contributed by atoms with Crippen molar-refractivity contribution in [3.63, 3.8) is 0 Å². The molecule has 0 aromatic carbocycles. The minimum absolute atomic E-state index is 0.218. The lowest BCUT2D eigenvalue weighted by molar-refractivity contribution is -0.136. The molecule has 4 rings (SSSR count). The van der Waals surface area contributed by atoms with Gasteiger partial charge in [-0.2, -0.15) is 13.2 Å². The highest BCUT2D eigenvalue weighted by atomic mass is 32.1. The highest BCUT2D eigenvalue weighted by molar-refractivity contribution is 7.18. The van der Waals surface area contributed by atoms with Gasteiger partial charge in [0, 0.05) is 37.1 Å². The van der Waals surface area contributed by atoms with E-state index in [4.69, 9.17) is 5.73 Å². The Balaban J connectivity index is 1.79. The molecule has 2 saturated carbocycles. The Morgan fingerprint density at radius 1 is 1.27 bits per heavy atom. The zero-order valence-corrected chi connectivity index (χ0v) is 17.8. The number of nitrogens with one attached hydrogen (secondary N) is 1. The quantitative estimate of drug-likeness (QED) is 0.643. The van der Waals surface area contributed by atoms with Gasteiger partial charge in [-0.25, -0.2) is 4.79 Å². The predicted octanol–water partition coefficient (Wildman–Crippen LogP) is 3.04. The summed E-state index contributed by atoms with van der Waals surface area (Å²) in [5, 5.41) is 3.53. The van der Waals surface area contributed by atoms with Crippen molar-refractivity contribution in [2.24, 2.45) is 11.1 Å². The normalized spacial score (nSPS) is 18.7. The SMILES string of the molecule is Cc1c(CNCCN)sc2c1c(=O)n(C1CC3(CCC3)C1)c(=O)n2CCC(F)(F)F. The second-order valence-electron chi connectivity index (χ2n) is 8.69. The molecule has 0 amide bonds. The molecule has 3 N–H and O–H groups in total. The first-order chi connectivity index (χ1) is 14.2. The van der Waals surface area contributed by atoms with E-state index in [9.17, 15) is 22.8 Å². The summed E-state index contributed by atoms with van der Waals surface area (Å²) in [5.74, 6) is 0. The summed E-state index contributed by atoms with van der Waals surface area (Å²) < 4.78 is 41.2. The molecular formula is C20H27F3N4O2S. The number of hydrogen-bond donors (Lipinski definition) is 2. The lowest BCUT2D eigenvalue weighted by atomic mass is 9.54. The fraction of sp³-hybridized carbons (Fsp3) is 0.700. The van der Waals surface area contributed by atoms with Crippen molar-refractivity contribution in [1.29, 1.82) is 0 Å². The van der Waals surface area contributed by atoms with E-state index in [2.05, 4.69) is 5.32 Å².